The fraction of sp³-hybridized carbons (Fsp3) is 0.720. The molecule has 0 saturated heterocycles. The van der Waals surface area contributed by atoms with E-state index >= 15 is 0 Å². The van der Waals surface area contributed by atoms with E-state index in [1.54, 1.807) is 0 Å². The first-order valence-corrected chi connectivity index (χ1v) is 34.4. The number of carbonyl (C=O) groups excluding carboxylic acids is 3. The van der Waals surface area contributed by atoms with Crippen molar-refractivity contribution in [2.24, 2.45) is 0 Å². The van der Waals surface area contributed by atoms with Crippen molar-refractivity contribution < 1.29 is 28.6 Å². The second-order valence-electron chi connectivity index (χ2n) is 22.7. The van der Waals surface area contributed by atoms with Crippen LogP contribution in [0.3, 0.4) is 0 Å². The third-order valence-electron chi connectivity index (χ3n) is 14.7. The summed E-state index contributed by atoms with van der Waals surface area (Å²) in [5, 5.41) is 0. The summed E-state index contributed by atoms with van der Waals surface area (Å²) in [4.78, 5) is 38.5. The lowest BCUT2D eigenvalue weighted by atomic mass is 10.1. The third-order valence-corrected chi connectivity index (χ3v) is 14.7. The molecule has 6 nitrogen and oxygen atoms in total. The van der Waals surface area contributed by atoms with E-state index in [9.17, 15) is 14.4 Å². The summed E-state index contributed by atoms with van der Waals surface area (Å²) in [6, 6.07) is 0. The predicted molar refractivity (Wildman–Crippen MR) is 353 cm³/mol. The van der Waals surface area contributed by atoms with Crippen LogP contribution in [0.1, 0.15) is 329 Å². The van der Waals surface area contributed by atoms with Gasteiger partial charge in [0.2, 0.25) is 0 Å². The average molecular weight is 1130 g/mol. The summed E-state index contributed by atoms with van der Waals surface area (Å²) < 4.78 is 17.0. The maximum absolute atomic E-state index is 13.0. The first-order valence-electron chi connectivity index (χ1n) is 34.4. The number of hydrogen-bond donors (Lipinski definition) is 0. The SMILES string of the molecule is CC/C=C\C/C=C\C/C=C\C/C=C\CCCCCCCCCCC(=O)OCC(COC(=O)CCCCCCCCCCC/C=C\CCCCCCCCCC)OC(=O)CCCCCCCCCC/C=C\C/C=C\C/C=C\C/C=C\CC. The largest absolute Gasteiger partial charge is 0.462 e. The number of allylic oxidation sites excluding steroid dienone is 18. The van der Waals surface area contributed by atoms with Crippen LogP contribution < -0.4 is 0 Å². The minimum absolute atomic E-state index is 0.0847. The molecule has 1 atom stereocenters. The van der Waals surface area contributed by atoms with Crippen molar-refractivity contribution in [2.75, 3.05) is 13.2 Å². The lowest BCUT2D eigenvalue weighted by molar-refractivity contribution is -0.167. The Bertz CT molecular complexity index is 1620. The maximum atomic E-state index is 13.0. The maximum Gasteiger partial charge on any atom is 0.306 e. The molecule has 0 aliphatic heterocycles. The molecule has 6 heteroatoms. The minimum Gasteiger partial charge on any atom is -0.462 e. The zero-order chi connectivity index (χ0) is 58.5. The van der Waals surface area contributed by atoms with Gasteiger partial charge in [0.1, 0.15) is 13.2 Å². The molecule has 0 heterocycles. The standard InChI is InChI=1S/C75H128O6/c1-4-7-10-13-16-19-22-25-28-31-34-37-40-43-46-49-52-55-58-61-64-67-73(76)79-70-72(81-75(78)69-66-63-60-57-54-51-48-45-42-39-36-33-30-27-24-21-18-15-12-9-6-3)71-80-74(77)68-65-62-59-56-53-50-47-44-41-38-35-32-29-26-23-20-17-14-11-8-5-2/h7,9-10,12,16,18-19,21,25,27-28,30,32,34-37,39,72H,4-6,8,11,13-15,17,20,22-24,26,29,31,33,38,40-71H2,1-3H3/b10-7-,12-9-,19-16-,21-18-,28-25-,30-27-,35-32-,37-34-,39-36-. The highest BCUT2D eigenvalue weighted by molar-refractivity contribution is 5.71. The lowest BCUT2D eigenvalue weighted by Gasteiger charge is -2.18. The van der Waals surface area contributed by atoms with Gasteiger partial charge in [-0.1, -0.05) is 297 Å². The smallest absolute Gasteiger partial charge is 0.306 e. The molecule has 0 bridgehead atoms. The van der Waals surface area contributed by atoms with Gasteiger partial charge in [0.15, 0.2) is 6.10 Å². The van der Waals surface area contributed by atoms with Gasteiger partial charge in [0.05, 0.1) is 0 Å². The van der Waals surface area contributed by atoms with E-state index in [0.717, 1.165) is 122 Å². The minimum atomic E-state index is -0.791. The lowest BCUT2D eigenvalue weighted by Crippen LogP contribution is -2.30. The Morgan fingerprint density at radius 3 is 0.765 bits per heavy atom. The van der Waals surface area contributed by atoms with Gasteiger partial charge in [0.25, 0.3) is 0 Å². The number of ether oxygens (including phenoxy) is 3. The normalized spacial score (nSPS) is 12.8. The molecule has 464 valence electrons. The number of rotatable bonds is 62. The summed E-state index contributed by atoms with van der Waals surface area (Å²) >= 11 is 0. The summed E-state index contributed by atoms with van der Waals surface area (Å²) in [5.74, 6) is -0.890. The van der Waals surface area contributed by atoms with Gasteiger partial charge in [-0.25, -0.2) is 0 Å². The van der Waals surface area contributed by atoms with Gasteiger partial charge in [0, 0.05) is 19.3 Å². The molecular formula is C75H128O6. The molecule has 0 aromatic heterocycles. The number of unbranched alkanes of at least 4 members (excludes halogenated alkanes) is 33. The van der Waals surface area contributed by atoms with E-state index in [2.05, 4.69) is 130 Å². The fourth-order valence-corrected chi connectivity index (χ4v) is 9.66. The Kier molecular flexibility index (Phi) is 65.2. The van der Waals surface area contributed by atoms with E-state index in [-0.39, 0.29) is 31.1 Å². The van der Waals surface area contributed by atoms with Crippen LogP contribution in [0.4, 0.5) is 0 Å². The van der Waals surface area contributed by atoms with E-state index in [0.29, 0.717) is 19.3 Å². The molecule has 0 fully saturated rings. The molecular weight excluding hydrogens is 997 g/mol. The first-order chi connectivity index (χ1) is 40.0. The van der Waals surface area contributed by atoms with Crippen LogP contribution in [0.5, 0.6) is 0 Å². The Labute approximate surface area is 501 Å². The quantitative estimate of drug-likeness (QED) is 0.0261. The van der Waals surface area contributed by atoms with Gasteiger partial charge in [-0.2, -0.15) is 0 Å². The van der Waals surface area contributed by atoms with Gasteiger partial charge in [-0.15, -0.1) is 0 Å². The third kappa shape index (κ3) is 66.8. The van der Waals surface area contributed by atoms with Crippen LogP contribution in [0, 0.1) is 0 Å². The molecule has 0 rings (SSSR count). The highest BCUT2D eigenvalue weighted by Crippen LogP contribution is 2.16. The second-order valence-corrected chi connectivity index (χ2v) is 22.7. The van der Waals surface area contributed by atoms with Crippen LogP contribution in [-0.2, 0) is 28.6 Å². The topological polar surface area (TPSA) is 78.9 Å². The Hall–Kier alpha value is -3.93. The summed E-state index contributed by atoms with van der Waals surface area (Å²) in [5.41, 5.74) is 0. The highest BCUT2D eigenvalue weighted by atomic mass is 16.6. The zero-order valence-corrected chi connectivity index (χ0v) is 53.3. The summed E-state index contributed by atoms with van der Waals surface area (Å²) in [6.45, 7) is 6.44. The number of carbonyl (C=O) groups is 3. The zero-order valence-electron chi connectivity index (χ0n) is 53.3. The molecule has 81 heavy (non-hydrogen) atoms. The van der Waals surface area contributed by atoms with Crippen molar-refractivity contribution in [1.82, 2.24) is 0 Å². The molecule has 0 aromatic rings. The number of hydrogen-bond acceptors (Lipinski definition) is 6. The Morgan fingerprint density at radius 1 is 0.259 bits per heavy atom. The molecule has 1 unspecified atom stereocenters. The summed E-state index contributed by atoms with van der Waals surface area (Å²) in [7, 11) is 0. The van der Waals surface area contributed by atoms with Crippen LogP contribution >= 0.6 is 0 Å². The van der Waals surface area contributed by atoms with Crippen LogP contribution in [-0.4, -0.2) is 37.2 Å². The molecule has 0 saturated carbocycles. The fourth-order valence-electron chi connectivity index (χ4n) is 9.66. The van der Waals surface area contributed by atoms with E-state index in [1.165, 1.54) is 167 Å². The monoisotopic (exact) mass is 1120 g/mol. The highest BCUT2D eigenvalue weighted by Gasteiger charge is 2.19. The molecule has 0 aromatic carbocycles. The van der Waals surface area contributed by atoms with Crippen molar-refractivity contribution in [1.29, 1.82) is 0 Å². The van der Waals surface area contributed by atoms with Crippen LogP contribution in [0.2, 0.25) is 0 Å². The van der Waals surface area contributed by atoms with Crippen molar-refractivity contribution in [2.45, 2.75) is 335 Å². The average Bonchev–Trinajstić information content (AvgIpc) is 3.47. The van der Waals surface area contributed by atoms with E-state index < -0.39 is 6.10 Å². The molecule has 0 radical (unpaired) electrons. The molecule has 0 N–H and O–H groups in total. The number of esters is 3. The predicted octanol–water partition coefficient (Wildman–Crippen LogP) is 23.8. The summed E-state index contributed by atoms with van der Waals surface area (Å²) in [6.07, 6.45) is 93.8. The van der Waals surface area contributed by atoms with E-state index in [1.807, 2.05) is 0 Å². The van der Waals surface area contributed by atoms with Crippen molar-refractivity contribution in [3.63, 3.8) is 0 Å². The second kappa shape index (κ2) is 68.6. The van der Waals surface area contributed by atoms with Gasteiger partial charge in [-0.3, -0.25) is 14.4 Å². The molecule has 0 aliphatic carbocycles. The van der Waals surface area contributed by atoms with E-state index in [4.69, 9.17) is 14.2 Å². The van der Waals surface area contributed by atoms with Gasteiger partial charge < -0.3 is 14.2 Å². The Balaban J connectivity index is 4.41. The molecule has 0 amide bonds. The first kappa shape index (κ1) is 77.1. The van der Waals surface area contributed by atoms with Crippen molar-refractivity contribution >= 4 is 17.9 Å². The van der Waals surface area contributed by atoms with Crippen molar-refractivity contribution in [3.8, 4) is 0 Å². The van der Waals surface area contributed by atoms with Crippen LogP contribution in [0.15, 0.2) is 109 Å². The van der Waals surface area contributed by atoms with Crippen molar-refractivity contribution in [3.05, 3.63) is 109 Å². The van der Waals surface area contributed by atoms with Gasteiger partial charge in [-0.05, 0) is 122 Å². The molecule has 0 aliphatic rings. The van der Waals surface area contributed by atoms with Gasteiger partial charge >= 0.3 is 17.9 Å². The van der Waals surface area contributed by atoms with Crippen LogP contribution in [0.25, 0.3) is 0 Å². The Morgan fingerprint density at radius 2 is 0.481 bits per heavy atom. The molecule has 0 spiro atoms.